The van der Waals surface area contributed by atoms with Crippen LogP contribution in [0.2, 0.25) is 0 Å². The molecule has 2 heteroatoms. The predicted molar refractivity (Wildman–Crippen MR) is 71.4 cm³/mol. The second-order valence-electron chi connectivity index (χ2n) is 4.86. The summed E-state index contributed by atoms with van der Waals surface area (Å²) >= 11 is 0. The number of rotatable bonds is 6. The van der Waals surface area contributed by atoms with Gasteiger partial charge in [-0.1, -0.05) is 31.4 Å². The van der Waals surface area contributed by atoms with Gasteiger partial charge in [-0.2, -0.15) is 0 Å². The van der Waals surface area contributed by atoms with Crippen LogP contribution in [-0.2, 0) is 0 Å². The Morgan fingerprint density at radius 1 is 1.06 bits per heavy atom. The van der Waals surface area contributed by atoms with E-state index in [1.807, 2.05) is 12.2 Å². The lowest BCUT2D eigenvalue weighted by atomic mass is 9.95. The Kier molecular flexibility index (Phi) is 6.43. The number of nitrogens with two attached hydrogens (primary N) is 1. The fourth-order valence-corrected chi connectivity index (χ4v) is 2.56. The SMILES string of the molecule is C=CCN(CC=C)CC1CCCCCC1N. The Balaban J connectivity index is 2.46. The summed E-state index contributed by atoms with van der Waals surface area (Å²) in [6, 6.07) is 0.389. The van der Waals surface area contributed by atoms with Crippen molar-refractivity contribution in [3.8, 4) is 0 Å². The fraction of sp³-hybridized carbons (Fsp3) is 0.714. The molecule has 0 radical (unpaired) electrons. The molecule has 2 nitrogen and oxygen atoms in total. The Morgan fingerprint density at radius 3 is 2.31 bits per heavy atom. The summed E-state index contributed by atoms with van der Waals surface area (Å²) in [5.41, 5.74) is 6.24. The van der Waals surface area contributed by atoms with E-state index < -0.39 is 0 Å². The number of hydrogen-bond acceptors (Lipinski definition) is 2. The first kappa shape index (κ1) is 13.5. The molecule has 0 aromatic carbocycles. The number of nitrogens with zero attached hydrogens (tertiary/aromatic N) is 1. The van der Waals surface area contributed by atoms with Gasteiger partial charge in [0.25, 0.3) is 0 Å². The van der Waals surface area contributed by atoms with Gasteiger partial charge < -0.3 is 5.73 Å². The van der Waals surface area contributed by atoms with Crippen molar-refractivity contribution in [3.63, 3.8) is 0 Å². The molecule has 1 saturated carbocycles. The minimum Gasteiger partial charge on any atom is -0.327 e. The molecule has 1 fully saturated rings. The average molecular weight is 222 g/mol. The van der Waals surface area contributed by atoms with Gasteiger partial charge in [-0.25, -0.2) is 0 Å². The molecular weight excluding hydrogens is 196 g/mol. The van der Waals surface area contributed by atoms with Gasteiger partial charge >= 0.3 is 0 Å². The van der Waals surface area contributed by atoms with Crippen LogP contribution in [0.5, 0.6) is 0 Å². The molecule has 2 unspecified atom stereocenters. The maximum absolute atomic E-state index is 6.24. The molecule has 0 bridgehead atoms. The molecule has 0 saturated heterocycles. The average Bonchev–Trinajstić information content (AvgIpc) is 2.45. The first-order chi connectivity index (χ1) is 7.77. The van der Waals surface area contributed by atoms with Crippen molar-refractivity contribution >= 4 is 0 Å². The van der Waals surface area contributed by atoms with Gasteiger partial charge in [0, 0.05) is 25.7 Å². The molecule has 2 atom stereocenters. The second-order valence-corrected chi connectivity index (χ2v) is 4.86. The zero-order valence-electron chi connectivity index (χ0n) is 10.4. The van der Waals surface area contributed by atoms with Crippen LogP contribution >= 0.6 is 0 Å². The highest BCUT2D eigenvalue weighted by molar-refractivity contribution is 4.85. The molecule has 1 aliphatic carbocycles. The third kappa shape index (κ3) is 4.50. The van der Waals surface area contributed by atoms with E-state index in [0.29, 0.717) is 12.0 Å². The van der Waals surface area contributed by atoms with Crippen molar-refractivity contribution in [2.45, 2.75) is 38.1 Å². The lowest BCUT2D eigenvalue weighted by Gasteiger charge is -2.28. The molecule has 0 amide bonds. The standard InChI is InChI=1S/C14H26N2/c1-3-10-16(11-4-2)12-13-8-6-5-7-9-14(13)15/h3-4,13-14H,1-2,5-12,15H2. The van der Waals surface area contributed by atoms with Gasteiger partial charge in [0.15, 0.2) is 0 Å². The van der Waals surface area contributed by atoms with E-state index in [-0.39, 0.29) is 0 Å². The highest BCUT2D eigenvalue weighted by Gasteiger charge is 2.21. The molecule has 0 aromatic rings. The highest BCUT2D eigenvalue weighted by Crippen LogP contribution is 2.23. The van der Waals surface area contributed by atoms with Crippen molar-refractivity contribution in [1.82, 2.24) is 4.90 Å². The molecule has 16 heavy (non-hydrogen) atoms. The summed E-state index contributed by atoms with van der Waals surface area (Å²) in [7, 11) is 0. The smallest absolute Gasteiger partial charge is 0.0164 e. The van der Waals surface area contributed by atoms with E-state index in [0.717, 1.165) is 19.6 Å². The third-order valence-electron chi connectivity index (χ3n) is 3.49. The van der Waals surface area contributed by atoms with Gasteiger partial charge in [0.05, 0.1) is 0 Å². The van der Waals surface area contributed by atoms with Crippen LogP contribution in [0.25, 0.3) is 0 Å². The zero-order valence-corrected chi connectivity index (χ0v) is 10.4. The van der Waals surface area contributed by atoms with Crippen LogP contribution in [-0.4, -0.2) is 30.6 Å². The van der Waals surface area contributed by atoms with E-state index in [9.17, 15) is 0 Å². The summed E-state index contributed by atoms with van der Waals surface area (Å²) < 4.78 is 0. The maximum Gasteiger partial charge on any atom is 0.0164 e. The lowest BCUT2D eigenvalue weighted by molar-refractivity contribution is 0.241. The summed E-state index contributed by atoms with van der Waals surface area (Å²) in [5.74, 6) is 0.655. The normalized spacial score (nSPS) is 26.4. The minimum atomic E-state index is 0.389. The van der Waals surface area contributed by atoms with Gasteiger partial charge in [-0.15, -0.1) is 13.2 Å². The molecule has 0 spiro atoms. The van der Waals surface area contributed by atoms with E-state index in [4.69, 9.17) is 5.73 Å². The van der Waals surface area contributed by atoms with E-state index in [2.05, 4.69) is 18.1 Å². The second kappa shape index (κ2) is 7.64. The molecule has 92 valence electrons. The van der Waals surface area contributed by atoms with Crippen LogP contribution in [0.3, 0.4) is 0 Å². The quantitative estimate of drug-likeness (QED) is 0.553. The molecule has 2 N–H and O–H groups in total. The van der Waals surface area contributed by atoms with Crippen molar-refractivity contribution in [1.29, 1.82) is 0 Å². The van der Waals surface area contributed by atoms with Crippen molar-refractivity contribution in [2.24, 2.45) is 11.7 Å². The Labute approximate surface area is 100 Å². The van der Waals surface area contributed by atoms with Crippen LogP contribution in [0, 0.1) is 5.92 Å². The lowest BCUT2D eigenvalue weighted by Crippen LogP contribution is -2.39. The largest absolute Gasteiger partial charge is 0.327 e. The van der Waals surface area contributed by atoms with Crippen LogP contribution in [0.1, 0.15) is 32.1 Å². The summed E-state index contributed by atoms with van der Waals surface area (Å²) in [6.45, 7) is 10.6. The third-order valence-corrected chi connectivity index (χ3v) is 3.49. The van der Waals surface area contributed by atoms with Crippen molar-refractivity contribution in [2.75, 3.05) is 19.6 Å². The van der Waals surface area contributed by atoms with Gasteiger partial charge in [0.1, 0.15) is 0 Å². The monoisotopic (exact) mass is 222 g/mol. The maximum atomic E-state index is 6.24. The molecule has 1 aliphatic rings. The zero-order chi connectivity index (χ0) is 11.8. The van der Waals surface area contributed by atoms with Crippen molar-refractivity contribution in [3.05, 3.63) is 25.3 Å². The molecule has 0 heterocycles. The minimum absolute atomic E-state index is 0.389. The van der Waals surface area contributed by atoms with E-state index in [1.165, 1.54) is 32.1 Å². The highest BCUT2D eigenvalue weighted by atomic mass is 15.1. The van der Waals surface area contributed by atoms with Gasteiger partial charge in [-0.3, -0.25) is 4.90 Å². The van der Waals surface area contributed by atoms with Crippen LogP contribution in [0.15, 0.2) is 25.3 Å². The van der Waals surface area contributed by atoms with Crippen LogP contribution < -0.4 is 5.73 Å². The summed E-state index contributed by atoms with van der Waals surface area (Å²) in [5, 5.41) is 0. The number of hydrogen-bond donors (Lipinski definition) is 1. The first-order valence-corrected chi connectivity index (χ1v) is 6.47. The fourth-order valence-electron chi connectivity index (χ4n) is 2.56. The molecular formula is C14H26N2. The van der Waals surface area contributed by atoms with Crippen molar-refractivity contribution < 1.29 is 0 Å². The topological polar surface area (TPSA) is 29.3 Å². The summed E-state index contributed by atoms with van der Waals surface area (Å²) in [4.78, 5) is 2.38. The Bertz CT molecular complexity index is 203. The molecule has 1 rings (SSSR count). The molecule has 0 aromatic heterocycles. The first-order valence-electron chi connectivity index (χ1n) is 6.47. The predicted octanol–water partition coefficient (Wildman–Crippen LogP) is 2.57. The van der Waals surface area contributed by atoms with E-state index in [1.54, 1.807) is 0 Å². The molecule has 0 aliphatic heterocycles. The van der Waals surface area contributed by atoms with Crippen LogP contribution in [0.4, 0.5) is 0 Å². The van der Waals surface area contributed by atoms with Gasteiger partial charge in [-0.05, 0) is 18.8 Å². The van der Waals surface area contributed by atoms with E-state index >= 15 is 0 Å². The Morgan fingerprint density at radius 2 is 1.69 bits per heavy atom. The summed E-state index contributed by atoms with van der Waals surface area (Å²) in [6.07, 6.45) is 10.4. The van der Waals surface area contributed by atoms with Gasteiger partial charge in [0.2, 0.25) is 0 Å². The Hall–Kier alpha value is -0.600.